The zero-order chi connectivity index (χ0) is 16.6. The highest BCUT2D eigenvalue weighted by molar-refractivity contribution is 5.80. The van der Waals surface area contributed by atoms with Gasteiger partial charge in [0, 0.05) is 24.8 Å². The number of nitrogens with zero attached hydrogens (tertiary/aromatic N) is 3. The average molecular weight is 311 g/mol. The zero-order valence-corrected chi connectivity index (χ0v) is 14.5. The lowest BCUT2D eigenvalue weighted by atomic mass is 10.0. The smallest absolute Gasteiger partial charge is 0.227 e. The van der Waals surface area contributed by atoms with Gasteiger partial charge in [-0.15, -0.1) is 0 Å². The van der Waals surface area contributed by atoms with Crippen molar-refractivity contribution in [2.75, 3.05) is 6.54 Å². The van der Waals surface area contributed by atoms with Crippen LogP contribution in [-0.4, -0.2) is 27.1 Å². The summed E-state index contributed by atoms with van der Waals surface area (Å²) in [4.78, 5) is 14.9. The van der Waals surface area contributed by atoms with Gasteiger partial charge in [-0.1, -0.05) is 29.8 Å². The van der Waals surface area contributed by atoms with Gasteiger partial charge in [0.15, 0.2) is 0 Å². The third kappa shape index (κ3) is 3.03. The maximum absolute atomic E-state index is 12.9. The van der Waals surface area contributed by atoms with Crippen molar-refractivity contribution in [3.05, 3.63) is 52.3 Å². The van der Waals surface area contributed by atoms with Crippen molar-refractivity contribution < 1.29 is 4.79 Å². The van der Waals surface area contributed by atoms with Crippen LogP contribution in [0.4, 0.5) is 0 Å². The second kappa shape index (κ2) is 6.19. The molecule has 0 saturated carbocycles. The van der Waals surface area contributed by atoms with Crippen molar-refractivity contribution >= 4 is 5.91 Å². The standard InChI is InChI=1S/C19H25N3O/c1-13-7-9-16(10-8-13)18-6-5-11-22(18)19(23)12-17-14(2)20-21(4)15(17)3/h7-10,18H,5-6,11-12H2,1-4H3. The van der Waals surface area contributed by atoms with Crippen LogP contribution in [0.2, 0.25) is 0 Å². The number of hydrogen-bond donors (Lipinski definition) is 0. The Bertz CT molecular complexity index is 715. The summed E-state index contributed by atoms with van der Waals surface area (Å²) in [5.41, 5.74) is 5.63. The molecule has 1 unspecified atom stereocenters. The van der Waals surface area contributed by atoms with Crippen molar-refractivity contribution in [1.29, 1.82) is 0 Å². The van der Waals surface area contributed by atoms with Crippen LogP contribution < -0.4 is 0 Å². The molecule has 4 nitrogen and oxygen atoms in total. The van der Waals surface area contributed by atoms with Gasteiger partial charge in [-0.2, -0.15) is 5.10 Å². The summed E-state index contributed by atoms with van der Waals surface area (Å²) in [6, 6.07) is 8.80. The average Bonchev–Trinajstić information content (AvgIpc) is 3.09. The number of likely N-dealkylation sites (tertiary alicyclic amines) is 1. The fourth-order valence-corrected chi connectivity index (χ4v) is 3.53. The highest BCUT2D eigenvalue weighted by Gasteiger charge is 2.30. The Kier molecular flexibility index (Phi) is 4.24. The van der Waals surface area contributed by atoms with E-state index in [1.165, 1.54) is 11.1 Å². The van der Waals surface area contributed by atoms with Gasteiger partial charge in [-0.25, -0.2) is 0 Å². The Morgan fingerprint density at radius 1 is 1.22 bits per heavy atom. The van der Waals surface area contributed by atoms with Crippen LogP contribution in [0.15, 0.2) is 24.3 Å². The molecule has 1 amide bonds. The predicted molar refractivity (Wildman–Crippen MR) is 91.3 cm³/mol. The minimum absolute atomic E-state index is 0.215. The first kappa shape index (κ1) is 15.8. The van der Waals surface area contributed by atoms with Gasteiger partial charge in [0.25, 0.3) is 0 Å². The van der Waals surface area contributed by atoms with E-state index in [9.17, 15) is 4.79 Å². The molecular weight excluding hydrogens is 286 g/mol. The lowest BCUT2D eigenvalue weighted by molar-refractivity contribution is -0.131. The van der Waals surface area contributed by atoms with Gasteiger partial charge in [-0.05, 0) is 39.2 Å². The molecule has 1 aromatic carbocycles. The van der Waals surface area contributed by atoms with E-state index in [4.69, 9.17) is 0 Å². The largest absolute Gasteiger partial charge is 0.335 e. The molecule has 0 bridgehead atoms. The van der Waals surface area contributed by atoms with E-state index in [1.54, 1.807) is 0 Å². The molecule has 2 heterocycles. The van der Waals surface area contributed by atoms with Gasteiger partial charge in [0.2, 0.25) is 5.91 Å². The van der Waals surface area contributed by atoms with E-state index in [2.05, 4.69) is 41.2 Å². The maximum Gasteiger partial charge on any atom is 0.227 e. The second-order valence-electron chi connectivity index (χ2n) is 6.61. The molecule has 1 aromatic heterocycles. The summed E-state index contributed by atoms with van der Waals surface area (Å²) in [6.07, 6.45) is 2.59. The number of carbonyl (C=O) groups is 1. The summed E-state index contributed by atoms with van der Waals surface area (Å²) >= 11 is 0. The maximum atomic E-state index is 12.9. The normalized spacial score (nSPS) is 17.7. The minimum atomic E-state index is 0.215. The fraction of sp³-hybridized carbons (Fsp3) is 0.474. The number of aromatic nitrogens is 2. The lowest BCUT2D eigenvalue weighted by Crippen LogP contribution is -2.32. The third-order valence-electron chi connectivity index (χ3n) is 5.02. The number of aryl methyl sites for hydroxylation is 3. The highest BCUT2D eigenvalue weighted by Crippen LogP contribution is 2.32. The second-order valence-corrected chi connectivity index (χ2v) is 6.61. The van der Waals surface area contributed by atoms with E-state index in [0.29, 0.717) is 6.42 Å². The van der Waals surface area contributed by atoms with Crippen LogP contribution in [0.3, 0.4) is 0 Å². The Balaban J connectivity index is 1.79. The summed E-state index contributed by atoms with van der Waals surface area (Å²) in [5.74, 6) is 0.215. The van der Waals surface area contributed by atoms with Gasteiger partial charge in [-0.3, -0.25) is 9.48 Å². The molecule has 1 fully saturated rings. The topological polar surface area (TPSA) is 38.1 Å². The molecule has 0 N–H and O–H groups in total. The molecule has 3 rings (SSSR count). The molecule has 4 heteroatoms. The van der Waals surface area contributed by atoms with Crippen molar-refractivity contribution in [3.63, 3.8) is 0 Å². The first-order chi connectivity index (χ1) is 11.0. The lowest BCUT2D eigenvalue weighted by Gasteiger charge is -2.25. The highest BCUT2D eigenvalue weighted by atomic mass is 16.2. The van der Waals surface area contributed by atoms with Crippen molar-refractivity contribution in [1.82, 2.24) is 14.7 Å². The predicted octanol–water partition coefficient (Wildman–Crippen LogP) is 3.25. The van der Waals surface area contributed by atoms with E-state index >= 15 is 0 Å². The van der Waals surface area contributed by atoms with Crippen LogP contribution in [0, 0.1) is 20.8 Å². The van der Waals surface area contributed by atoms with E-state index < -0.39 is 0 Å². The quantitative estimate of drug-likeness (QED) is 0.872. The van der Waals surface area contributed by atoms with Crippen LogP contribution in [0.1, 0.15) is 47.0 Å². The van der Waals surface area contributed by atoms with Crippen LogP contribution in [0.25, 0.3) is 0 Å². The molecule has 23 heavy (non-hydrogen) atoms. The minimum Gasteiger partial charge on any atom is -0.335 e. The first-order valence-corrected chi connectivity index (χ1v) is 8.32. The Labute approximate surface area is 138 Å². The van der Waals surface area contributed by atoms with Crippen molar-refractivity contribution in [2.24, 2.45) is 7.05 Å². The molecule has 0 spiro atoms. The fourth-order valence-electron chi connectivity index (χ4n) is 3.53. The SMILES string of the molecule is Cc1ccc(C2CCCN2C(=O)Cc2c(C)nn(C)c2C)cc1. The zero-order valence-electron chi connectivity index (χ0n) is 14.5. The molecule has 1 atom stereocenters. The molecule has 1 saturated heterocycles. The van der Waals surface area contributed by atoms with E-state index in [0.717, 1.165) is 36.3 Å². The number of benzene rings is 1. The van der Waals surface area contributed by atoms with Gasteiger partial charge >= 0.3 is 0 Å². The summed E-state index contributed by atoms with van der Waals surface area (Å²) < 4.78 is 1.86. The first-order valence-electron chi connectivity index (χ1n) is 8.32. The molecule has 122 valence electrons. The Morgan fingerprint density at radius 2 is 1.91 bits per heavy atom. The molecular formula is C19H25N3O. The Hall–Kier alpha value is -2.10. The number of amides is 1. The third-order valence-corrected chi connectivity index (χ3v) is 5.02. The summed E-state index contributed by atoms with van der Waals surface area (Å²) in [5, 5.41) is 4.42. The van der Waals surface area contributed by atoms with E-state index in [-0.39, 0.29) is 11.9 Å². The monoisotopic (exact) mass is 311 g/mol. The number of carbonyl (C=O) groups excluding carboxylic acids is 1. The number of hydrogen-bond acceptors (Lipinski definition) is 2. The van der Waals surface area contributed by atoms with Crippen molar-refractivity contribution in [3.8, 4) is 0 Å². The van der Waals surface area contributed by atoms with Crippen molar-refractivity contribution in [2.45, 2.75) is 46.1 Å². The molecule has 1 aliphatic rings. The Morgan fingerprint density at radius 3 is 2.52 bits per heavy atom. The van der Waals surface area contributed by atoms with Crippen LogP contribution in [-0.2, 0) is 18.3 Å². The van der Waals surface area contributed by atoms with E-state index in [1.807, 2.05) is 25.6 Å². The summed E-state index contributed by atoms with van der Waals surface area (Å²) in [6.45, 7) is 6.96. The van der Waals surface area contributed by atoms with Gasteiger partial charge < -0.3 is 4.90 Å². The molecule has 0 radical (unpaired) electrons. The number of rotatable bonds is 3. The van der Waals surface area contributed by atoms with Crippen LogP contribution >= 0.6 is 0 Å². The van der Waals surface area contributed by atoms with Crippen LogP contribution in [0.5, 0.6) is 0 Å². The molecule has 2 aromatic rings. The molecule has 0 aliphatic carbocycles. The molecule has 1 aliphatic heterocycles. The van der Waals surface area contributed by atoms with Gasteiger partial charge in [0.05, 0.1) is 18.2 Å². The van der Waals surface area contributed by atoms with Gasteiger partial charge in [0.1, 0.15) is 0 Å². The summed E-state index contributed by atoms with van der Waals surface area (Å²) in [7, 11) is 1.93.